The van der Waals surface area contributed by atoms with Crippen LogP contribution in [0.1, 0.15) is 0 Å². The van der Waals surface area contributed by atoms with Crippen molar-refractivity contribution < 1.29 is 25.9 Å². The first-order chi connectivity index (χ1) is 9.03. The lowest BCUT2D eigenvalue weighted by Crippen LogP contribution is -2.08. The van der Waals surface area contributed by atoms with E-state index in [1.165, 1.54) is 12.1 Å². The number of rotatable bonds is 2. The molecule has 0 saturated carbocycles. The topological polar surface area (TPSA) is 161 Å². The predicted octanol–water partition coefficient (Wildman–Crippen LogP) is 0.498. The van der Waals surface area contributed by atoms with Crippen LogP contribution < -0.4 is 11.5 Å². The average Bonchev–Trinajstić information content (AvgIpc) is 2.26. The summed E-state index contributed by atoms with van der Waals surface area (Å²) in [6.07, 6.45) is 0. The zero-order valence-electron chi connectivity index (χ0n) is 9.81. The Balaban J connectivity index is 3.15. The van der Waals surface area contributed by atoms with Crippen LogP contribution in [-0.2, 0) is 20.2 Å². The van der Waals surface area contributed by atoms with Gasteiger partial charge >= 0.3 is 0 Å². The van der Waals surface area contributed by atoms with E-state index in [0.717, 1.165) is 12.1 Å². The maximum Gasteiger partial charge on any atom is 0.297 e. The summed E-state index contributed by atoms with van der Waals surface area (Å²) in [6, 6.07) is 4.63. The Kier molecular flexibility index (Phi) is 3.13. The minimum atomic E-state index is -4.73. The molecule has 0 spiro atoms. The number of benzene rings is 2. The van der Waals surface area contributed by atoms with Gasteiger partial charge < -0.3 is 11.5 Å². The third kappa shape index (κ3) is 2.29. The Morgan fingerprint density at radius 3 is 2.00 bits per heavy atom. The van der Waals surface area contributed by atoms with Gasteiger partial charge in [0.05, 0.1) is 11.4 Å². The van der Waals surface area contributed by atoms with E-state index in [0.29, 0.717) is 0 Å². The molecule has 0 unspecified atom stereocenters. The van der Waals surface area contributed by atoms with E-state index in [1.807, 2.05) is 0 Å². The molecule has 0 aliphatic rings. The number of hydrogen-bond donors (Lipinski definition) is 4. The van der Waals surface area contributed by atoms with Crippen LogP contribution in [0, 0.1) is 0 Å². The molecule has 8 nitrogen and oxygen atoms in total. The van der Waals surface area contributed by atoms with Crippen LogP contribution in [0.5, 0.6) is 0 Å². The van der Waals surface area contributed by atoms with Crippen LogP contribution in [0.3, 0.4) is 0 Å². The van der Waals surface area contributed by atoms with Crippen LogP contribution in [-0.4, -0.2) is 25.9 Å². The molecule has 20 heavy (non-hydrogen) atoms. The lowest BCUT2D eigenvalue weighted by Gasteiger charge is -2.12. The van der Waals surface area contributed by atoms with E-state index in [4.69, 9.17) is 16.0 Å². The molecular weight excluding hydrogens is 308 g/mol. The highest BCUT2D eigenvalue weighted by Crippen LogP contribution is 2.36. The fourth-order valence-electron chi connectivity index (χ4n) is 1.90. The van der Waals surface area contributed by atoms with Gasteiger partial charge in [-0.2, -0.15) is 16.8 Å². The Morgan fingerprint density at radius 2 is 1.50 bits per heavy atom. The minimum absolute atomic E-state index is 0.158. The summed E-state index contributed by atoms with van der Waals surface area (Å²) in [5, 5.41) is -0.316. The molecule has 0 radical (unpaired) electrons. The van der Waals surface area contributed by atoms with Gasteiger partial charge in [-0.05, 0) is 12.1 Å². The van der Waals surface area contributed by atoms with Gasteiger partial charge in [0, 0.05) is 10.8 Å². The quantitative estimate of drug-likeness (QED) is 0.459. The molecule has 108 valence electrons. The molecule has 0 saturated heterocycles. The average molecular weight is 318 g/mol. The SMILES string of the molecule is Nc1cc2c(S(=O)(=O)O)cccc2c(S(=O)(=O)O)c1N. The third-order valence-electron chi connectivity index (χ3n) is 2.70. The monoisotopic (exact) mass is 318 g/mol. The van der Waals surface area contributed by atoms with Crippen molar-refractivity contribution in [2.24, 2.45) is 0 Å². The van der Waals surface area contributed by atoms with Crippen LogP contribution >= 0.6 is 0 Å². The molecule has 2 aromatic carbocycles. The standard InChI is InChI=1S/C10H10N2O6S2/c11-7-4-6-5(10(9(7)12)20(16,17)18)2-1-3-8(6)19(13,14)15/h1-4H,11-12H2,(H,13,14,15)(H,16,17,18). The van der Waals surface area contributed by atoms with E-state index in [9.17, 15) is 21.4 Å². The van der Waals surface area contributed by atoms with E-state index < -0.39 is 35.7 Å². The summed E-state index contributed by atoms with van der Waals surface area (Å²) >= 11 is 0. The van der Waals surface area contributed by atoms with Crippen LogP contribution in [0.15, 0.2) is 34.1 Å². The van der Waals surface area contributed by atoms with Crippen LogP contribution in [0.4, 0.5) is 11.4 Å². The van der Waals surface area contributed by atoms with Crippen molar-refractivity contribution in [2.75, 3.05) is 11.5 Å². The lowest BCUT2D eigenvalue weighted by atomic mass is 10.1. The first-order valence-electron chi connectivity index (χ1n) is 5.09. The molecule has 0 aromatic heterocycles. The van der Waals surface area contributed by atoms with E-state index in [1.54, 1.807) is 0 Å². The van der Waals surface area contributed by atoms with Crippen molar-refractivity contribution in [1.29, 1.82) is 0 Å². The second-order valence-corrected chi connectivity index (χ2v) is 6.76. The maximum absolute atomic E-state index is 11.4. The van der Waals surface area contributed by atoms with Gasteiger partial charge in [-0.15, -0.1) is 0 Å². The number of fused-ring (bicyclic) bond motifs is 1. The van der Waals surface area contributed by atoms with Crippen molar-refractivity contribution in [3.63, 3.8) is 0 Å². The van der Waals surface area contributed by atoms with Crippen molar-refractivity contribution in [1.82, 2.24) is 0 Å². The van der Waals surface area contributed by atoms with Gasteiger partial charge in [-0.25, -0.2) is 0 Å². The number of nitrogen functional groups attached to an aromatic ring is 2. The second-order valence-electron chi connectivity index (χ2n) is 4.01. The van der Waals surface area contributed by atoms with Gasteiger partial charge in [0.2, 0.25) is 0 Å². The first kappa shape index (κ1) is 14.5. The van der Waals surface area contributed by atoms with Gasteiger partial charge in [0.15, 0.2) is 0 Å². The Morgan fingerprint density at radius 1 is 0.900 bits per heavy atom. The fraction of sp³-hybridized carbons (Fsp3) is 0. The highest BCUT2D eigenvalue weighted by Gasteiger charge is 2.23. The molecule has 6 N–H and O–H groups in total. The summed E-state index contributed by atoms with van der Waals surface area (Å²) in [4.78, 5) is -1.23. The molecule has 0 fully saturated rings. The Labute approximate surface area is 114 Å². The van der Waals surface area contributed by atoms with Crippen molar-refractivity contribution in [3.8, 4) is 0 Å². The molecule has 10 heteroatoms. The summed E-state index contributed by atoms with van der Waals surface area (Å²) in [6.45, 7) is 0. The van der Waals surface area contributed by atoms with Crippen molar-refractivity contribution >= 4 is 42.4 Å². The summed E-state index contributed by atoms with van der Waals surface area (Å²) < 4.78 is 63.7. The van der Waals surface area contributed by atoms with Crippen molar-refractivity contribution in [3.05, 3.63) is 24.3 Å². The van der Waals surface area contributed by atoms with Crippen molar-refractivity contribution in [2.45, 2.75) is 9.79 Å². The van der Waals surface area contributed by atoms with E-state index >= 15 is 0 Å². The molecule has 0 aliphatic heterocycles. The highest BCUT2D eigenvalue weighted by molar-refractivity contribution is 7.86. The molecule has 0 bridgehead atoms. The fourth-order valence-corrected chi connectivity index (χ4v) is 3.45. The van der Waals surface area contributed by atoms with E-state index in [2.05, 4.69) is 0 Å². The second kappa shape index (κ2) is 4.31. The molecule has 2 aromatic rings. The molecular formula is C10H10N2O6S2. The lowest BCUT2D eigenvalue weighted by molar-refractivity contribution is 0.481. The summed E-state index contributed by atoms with van der Waals surface area (Å²) in [5.74, 6) is 0. The molecule has 0 heterocycles. The molecule has 2 rings (SSSR count). The zero-order valence-corrected chi connectivity index (χ0v) is 11.4. The smallest absolute Gasteiger partial charge is 0.297 e. The highest BCUT2D eigenvalue weighted by atomic mass is 32.2. The van der Waals surface area contributed by atoms with Crippen LogP contribution in [0.25, 0.3) is 10.8 Å². The normalized spacial score (nSPS) is 12.7. The van der Waals surface area contributed by atoms with Gasteiger partial charge in [-0.3, -0.25) is 9.11 Å². The maximum atomic E-state index is 11.4. The predicted molar refractivity (Wildman–Crippen MR) is 72.4 cm³/mol. The minimum Gasteiger partial charge on any atom is -0.397 e. The molecule has 0 atom stereocenters. The first-order valence-corrected chi connectivity index (χ1v) is 7.97. The number of hydrogen-bond acceptors (Lipinski definition) is 6. The largest absolute Gasteiger partial charge is 0.397 e. The number of nitrogens with two attached hydrogens (primary N) is 2. The third-order valence-corrected chi connectivity index (χ3v) is 4.57. The number of anilines is 2. The van der Waals surface area contributed by atoms with Crippen LogP contribution in [0.2, 0.25) is 0 Å². The Bertz CT molecular complexity index is 918. The molecule has 0 aliphatic carbocycles. The van der Waals surface area contributed by atoms with E-state index in [-0.39, 0.29) is 16.5 Å². The van der Waals surface area contributed by atoms with Gasteiger partial charge in [0.1, 0.15) is 9.79 Å². The van der Waals surface area contributed by atoms with Gasteiger partial charge in [0.25, 0.3) is 20.2 Å². The summed E-state index contributed by atoms with van der Waals surface area (Å²) in [7, 11) is -9.32. The molecule has 0 amide bonds. The van der Waals surface area contributed by atoms with Gasteiger partial charge in [-0.1, -0.05) is 12.1 Å². The zero-order chi connectivity index (χ0) is 15.3. The Hall–Kier alpha value is -1.88. The summed E-state index contributed by atoms with van der Waals surface area (Å²) in [5.41, 5.74) is 10.4.